The summed E-state index contributed by atoms with van der Waals surface area (Å²) in [5.41, 5.74) is 3.70. The van der Waals surface area contributed by atoms with Gasteiger partial charge in [0, 0.05) is 23.6 Å². The van der Waals surface area contributed by atoms with E-state index >= 15 is 0 Å². The fraction of sp³-hybridized carbons (Fsp3) is 0.556. The van der Waals surface area contributed by atoms with Crippen molar-refractivity contribution in [1.82, 2.24) is 5.32 Å². The maximum Gasteiger partial charge on any atom is 0.134 e. The molecule has 0 aliphatic rings. The highest BCUT2D eigenvalue weighted by Crippen LogP contribution is 2.28. The van der Waals surface area contributed by atoms with E-state index < -0.39 is 0 Å². The zero-order valence-electron chi connectivity index (χ0n) is 13.9. The average molecular weight is 289 g/mol. The first-order valence-electron chi connectivity index (χ1n) is 7.71. The number of ether oxygens (including phenoxy) is 1. The molecule has 1 aromatic carbocycles. The van der Waals surface area contributed by atoms with Crippen LogP contribution >= 0.6 is 0 Å². The molecule has 2 aromatic rings. The Hall–Kier alpha value is -1.32. The average Bonchev–Trinajstić information content (AvgIpc) is 2.79. The van der Waals surface area contributed by atoms with E-state index in [2.05, 4.69) is 51.2 Å². The van der Waals surface area contributed by atoms with E-state index in [1.807, 2.05) is 0 Å². The molecule has 0 fully saturated rings. The van der Waals surface area contributed by atoms with E-state index in [4.69, 9.17) is 9.15 Å². The maximum absolute atomic E-state index is 6.05. The SMILES string of the molecule is CCc1c(CNC(C)(C)C)oc2ccc(CCOC)cc12. The normalized spacial score (nSPS) is 12.2. The third kappa shape index (κ3) is 4.08. The van der Waals surface area contributed by atoms with E-state index in [-0.39, 0.29) is 5.54 Å². The van der Waals surface area contributed by atoms with Gasteiger partial charge in [-0.3, -0.25) is 0 Å². The predicted molar refractivity (Wildman–Crippen MR) is 87.8 cm³/mol. The maximum atomic E-state index is 6.05. The number of furan rings is 1. The van der Waals surface area contributed by atoms with Crippen LogP contribution in [-0.2, 0) is 24.1 Å². The Morgan fingerprint density at radius 1 is 1.24 bits per heavy atom. The van der Waals surface area contributed by atoms with E-state index in [9.17, 15) is 0 Å². The van der Waals surface area contributed by atoms with Crippen molar-refractivity contribution in [3.05, 3.63) is 35.1 Å². The molecule has 3 heteroatoms. The molecule has 1 N–H and O–H groups in total. The van der Waals surface area contributed by atoms with Crippen molar-refractivity contribution >= 4 is 11.0 Å². The van der Waals surface area contributed by atoms with Crippen LogP contribution in [0, 0.1) is 0 Å². The van der Waals surface area contributed by atoms with Crippen molar-refractivity contribution in [3.63, 3.8) is 0 Å². The first kappa shape index (κ1) is 16.1. The summed E-state index contributed by atoms with van der Waals surface area (Å²) in [5, 5.41) is 4.76. The summed E-state index contributed by atoms with van der Waals surface area (Å²) in [7, 11) is 1.74. The monoisotopic (exact) mass is 289 g/mol. The van der Waals surface area contributed by atoms with Crippen LogP contribution in [0.2, 0.25) is 0 Å². The minimum atomic E-state index is 0.0909. The molecule has 116 valence electrons. The number of benzene rings is 1. The standard InChI is InChI=1S/C18H27NO2/c1-6-14-15-11-13(9-10-20-5)7-8-16(15)21-17(14)12-19-18(2,3)4/h7-8,11,19H,6,9-10,12H2,1-5H3. The molecule has 0 saturated heterocycles. The molecule has 1 aromatic heterocycles. The van der Waals surface area contributed by atoms with Gasteiger partial charge in [-0.15, -0.1) is 0 Å². The van der Waals surface area contributed by atoms with Gasteiger partial charge in [-0.1, -0.05) is 13.0 Å². The van der Waals surface area contributed by atoms with Gasteiger partial charge in [0.15, 0.2) is 0 Å². The van der Waals surface area contributed by atoms with Crippen molar-refractivity contribution in [2.45, 2.75) is 52.6 Å². The minimum Gasteiger partial charge on any atom is -0.459 e. The molecular weight excluding hydrogens is 262 g/mol. The molecule has 2 rings (SSSR count). The Morgan fingerprint density at radius 2 is 2.00 bits per heavy atom. The van der Waals surface area contributed by atoms with E-state index in [1.165, 1.54) is 16.5 Å². The van der Waals surface area contributed by atoms with E-state index in [1.54, 1.807) is 7.11 Å². The summed E-state index contributed by atoms with van der Waals surface area (Å²) >= 11 is 0. The van der Waals surface area contributed by atoms with Gasteiger partial charge in [0.2, 0.25) is 0 Å². The van der Waals surface area contributed by atoms with Crippen LogP contribution in [0.1, 0.15) is 44.6 Å². The zero-order valence-corrected chi connectivity index (χ0v) is 13.9. The molecule has 0 spiro atoms. The lowest BCUT2D eigenvalue weighted by molar-refractivity contribution is 0.202. The molecule has 3 nitrogen and oxygen atoms in total. The summed E-state index contributed by atoms with van der Waals surface area (Å²) in [6.07, 6.45) is 1.93. The quantitative estimate of drug-likeness (QED) is 0.870. The summed E-state index contributed by atoms with van der Waals surface area (Å²) in [4.78, 5) is 0. The van der Waals surface area contributed by atoms with Crippen LogP contribution in [0.15, 0.2) is 22.6 Å². The molecule has 0 saturated carbocycles. The molecule has 0 bridgehead atoms. The number of nitrogens with one attached hydrogen (secondary N) is 1. The molecule has 0 aliphatic carbocycles. The Labute approximate surface area is 127 Å². The first-order chi connectivity index (χ1) is 9.94. The molecule has 21 heavy (non-hydrogen) atoms. The lowest BCUT2D eigenvalue weighted by Gasteiger charge is -2.19. The Morgan fingerprint density at radius 3 is 2.62 bits per heavy atom. The molecule has 0 radical (unpaired) electrons. The summed E-state index contributed by atoms with van der Waals surface area (Å²) < 4.78 is 11.2. The van der Waals surface area contributed by atoms with Crippen molar-refractivity contribution in [1.29, 1.82) is 0 Å². The van der Waals surface area contributed by atoms with Crippen molar-refractivity contribution in [3.8, 4) is 0 Å². The lowest BCUT2D eigenvalue weighted by Crippen LogP contribution is -2.35. The summed E-state index contributed by atoms with van der Waals surface area (Å²) in [6.45, 7) is 10.2. The second-order valence-electron chi connectivity index (χ2n) is 6.53. The van der Waals surface area contributed by atoms with Crippen LogP contribution in [0.25, 0.3) is 11.0 Å². The summed E-state index contributed by atoms with van der Waals surface area (Å²) in [5.74, 6) is 1.06. The minimum absolute atomic E-state index is 0.0909. The predicted octanol–water partition coefficient (Wildman–Crippen LogP) is 4.07. The largest absolute Gasteiger partial charge is 0.459 e. The third-order valence-corrected chi connectivity index (χ3v) is 3.67. The fourth-order valence-corrected chi connectivity index (χ4v) is 2.50. The smallest absolute Gasteiger partial charge is 0.134 e. The van der Waals surface area contributed by atoms with Gasteiger partial charge in [0.25, 0.3) is 0 Å². The van der Waals surface area contributed by atoms with Crippen LogP contribution in [0.4, 0.5) is 0 Å². The number of methoxy groups -OCH3 is 1. The Balaban J connectivity index is 2.30. The number of rotatable bonds is 6. The van der Waals surface area contributed by atoms with E-state index in [0.29, 0.717) is 0 Å². The van der Waals surface area contributed by atoms with Crippen LogP contribution in [-0.4, -0.2) is 19.3 Å². The molecule has 0 atom stereocenters. The molecular formula is C18H27NO2. The second kappa shape index (κ2) is 6.63. The molecule has 0 unspecified atom stereocenters. The molecule has 0 amide bonds. The second-order valence-corrected chi connectivity index (χ2v) is 6.53. The Kier molecular flexibility index (Phi) is 5.07. The van der Waals surface area contributed by atoms with Crippen molar-refractivity contribution < 1.29 is 9.15 Å². The number of hydrogen-bond donors (Lipinski definition) is 1. The highest BCUT2D eigenvalue weighted by atomic mass is 16.5. The van der Waals surface area contributed by atoms with Gasteiger partial charge in [-0.05, 0) is 51.3 Å². The van der Waals surface area contributed by atoms with Crippen LogP contribution in [0.3, 0.4) is 0 Å². The topological polar surface area (TPSA) is 34.4 Å². The number of fused-ring (bicyclic) bond motifs is 1. The van der Waals surface area contributed by atoms with Crippen molar-refractivity contribution in [2.75, 3.05) is 13.7 Å². The lowest BCUT2D eigenvalue weighted by atomic mass is 10.0. The highest BCUT2D eigenvalue weighted by Gasteiger charge is 2.16. The first-order valence-corrected chi connectivity index (χ1v) is 7.71. The third-order valence-electron chi connectivity index (χ3n) is 3.67. The van der Waals surface area contributed by atoms with E-state index in [0.717, 1.165) is 37.3 Å². The molecule has 1 heterocycles. The van der Waals surface area contributed by atoms with Gasteiger partial charge in [0.05, 0.1) is 13.2 Å². The zero-order chi connectivity index (χ0) is 15.5. The number of hydrogen-bond acceptors (Lipinski definition) is 3. The summed E-state index contributed by atoms with van der Waals surface area (Å²) in [6, 6.07) is 6.46. The van der Waals surface area contributed by atoms with Gasteiger partial charge < -0.3 is 14.5 Å². The van der Waals surface area contributed by atoms with Crippen LogP contribution < -0.4 is 5.32 Å². The molecule has 0 aliphatic heterocycles. The Bertz CT molecular complexity index is 593. The van der Waals surface area contributed by atoms with Gasteiger partial charge in [-0.25, -0.2) is 0 Å². The van der Waals surface area contributed by atoms with Crippen LogP contribution in [0.5, 0.6) is 0 Å². The van der Waals surface area contributed by atoms with Crippen molar-refractivity contribution in [2.24, 2.45) is 0 Å². The fourth-order valence-electron chi connectivity index (χ4n) is 2.50. The van der Waals surface area contributed by atoms with Gasteiger partial charge >= 0.3 is 0 Å². The number of aryl methyl sites for hydroxylation is 1. The van der Waals surface area contributed by atoms with Gasteiger partial charge in [-0.2, -0.15) is 0 Å². The highest BCUT2D eigenvalue weighted by molar-refractivity contribution is 5.83. The van der Waals surface area contributed by atoms with Gasteiger partial charge in [0.1, 0.15) is 11.3 Å².